The number of likely N-dealkylation sites (tertiary alicyclic amines) is 1. The smallest absolute Gasteiger partial charge is 0.475 e. The highest BCUT2D eigenvalue weighted by Gasteiger charge is 2.57. The van der Waals surface area contributed by atoms with Crippen LogP contribution in [0, 0.1) is 17.3 Å². The summed E-state index contributed by atoms with van der Waals surface area (Å²) in [5, 5.41) is 21.6. The van der Waals surface area contributed by atoms with Crippen molar-refractivity contribution in [3.63, 3.8) is 0 Å². The number of carboxylic acid groups (broad SMARTS) is 2. The maximum atomic E-state index is 13.0. The lowest BCUT2D eigenvalue weighted by atomic mass is 9.68. The minimum atomic E-state index is -5.08. The molecule has 16 heteroatoms. The number of amides is 1. The van der Waals surface area contributed by atoms with E-state index in [-0.39, 0.29) is 23.3 Å². The topological polar surface area (TPSA) is 141 Å². The summed E-state index contributed by atoms with van der Waals surface area (Å²) in [5.74, 6) is -4.47. The third-order valence-corrected chi connectivity index (χ3v) is 8.55. The Bertz CT molecular complexity index is 1130. The maximum Gasteiger partial charge on any atom is 0.490 e. The van der Waals surface area contributed by atoms with Crippen LogP contribution in [0.2, 0.25) is 0 Å². The number of halogens is 6. The van der Waals surface area contributed by atoms with Gasteiger partial charge in [0.15, 0.2) is 5.71 Å². The summed E-state index contributed by atoms with van der Waals surface area (Å²) in [7, 11) is 0. The summed E-state index contributed by atoms with van der Waals surface area (Å²) in [6.45, 7) is 4.21. The van der Waals surface area contributed by atoms with Crippen LogP contribution in [0.1, 0.15) is 56.9 Å². The summed E-state index contributed by atoms with van der Waals surface area (Å²) >= 11 is 0. The predicted octanol–water partition coefficient (Wildman–Crippen LogP) is 4.44. The molecule has 1 aromatic rings. The van der Waals surface area contributed by atoms with Gasteiger partial charge < -0.3 is 25.3 Å². The molecule has 1 saturated heterocycles. The molecule has 4 aliphatic rings. The van der Waals surface area contributed by atoms with Crippen molar-refractivity contribution in [2.75, 3.05) is 26.2 Å². The SMILES string of the molecule is O=C(NCCc1ccncc1)C1=NO[C@H]2CCC3(CCN(CC4CCCC4)CC3)[C@@H]12.O=C(O)C(F)(F)F.O=C(O)C(F)(F)F. The van der Waals surface area contributed by atoms with Crippen molar-refractivity contribution in [2.24, 2.45) is 22.4 Å². The number of carbonyl (C=O) groups is 3. The molecule has 0 radical (unpaired) electrons. The van der Waals surface area contributed by atoms with Crippen molar-refractivity contribution < 1.29 is 55.8 Å². The minimum absolute atomic E-state index is 0.0359. The molecular weight excluding hydrogens is 602 g/mol. The van der Waals surface area contributed by atoms with Crippen LogP contribution in [0.5, 0.6) is 0 Å². The molecule has 1 amide bonds. The average Bonchev–Trinajstić information content (AvgIpc) is 3.70. The Morgan fingerprint density at radius 2 is 1.48 bits per heavy atom. The third kappa shape index (κ3) is 9.79. The standard InChI is InChI=1S/C24H34N4O2.2C2HF3O2/c29-23(26-14-8-18-6-12-25-13-7-18)22-21-20(30-27-22)5-9-24(21)10-15-28(16-11-24)17-19-3-1-2-4-19;2*3-2(4,5)1(6)7/h6-7,12-13,19-21H,1-5,8-11,14-17H2,(H,26,29);2*(H,6,7)/t20-,21+;;/m0../s1. The van der Waals surface area contributed by atoms with Gasteiger partial charge in [0.05, 0.1) is 5.92 Å². The fourth-order valence-electron chi connectivity index (χ4n) is 6.35. The van der Waals surface area contributed by atoms with E-state index in [1.807, 2.05) is 12.1 Å². The quantitative estimate of drug-likeness (QED) is 0.389. The number of nitrogens with one attached hydrogen (secondary N) is 1. The zero-order valence-corrected chi connectivity index (χ0v) is 23.9. The lowest BCUT2D eigenvalue weighted by molar-refractivity contribution is -0.193. The van der Waals surface area contributed by atoms with Crippen LogP contribution in [-0.2, 0) is 25.6 Å². The highest BCUT2D eigenvalue weighted by molar-refractivity contribution is 6.40. The van der Waals surface area contributed by atoms with E-state index in [0.717, 1.165) is 31.8 Å². The van der Waals surface area contributed by atoms with Crippen LogP contribution in [-0.4, -0.2) is 88.3 Å². The molecule has 3 heterocycles. The van der Waals surface area contributed by atoms with Gasteiger partial charge in [-0.3, -0.25) is 9.78 Å². The van der Waals surface area contributed by atoms with Crippen molar-refractivity contribution in [3.8, 4) is 0 Å². The highest BCUT2D eigenvalue weighted by atomic mass is 19.4. The Hall–Kier alpha value is -3.43. The number of carboxylic acids is 2. The van der Waals surface area contributed by atoms with Gasteiger partial charge in [0.1, 0.15) is 6.10 Å². The number of oxime groups is 1. The fourth-order valence-corrected chi connectivity index (χ4v) is 6.35. The van der Waals surface area contributed by atoms with Crippen molar-refractivity contribution >= 4 is 23.6 Å². The predicted molar refractivity (Wildman–Crippen MR) is 143 cm³/mol. The van der Waals surface area contributed by atoms with Crippen molar-refractivity contribution in [3.05, 3.63) is 30.1 Å². The number of pyridine rings is 1. The summed E-state index contributed by atoms with van der Waals surface area (Å²) in [5.41, 5.74) is 2.03. The Morgan fingerprint density at radius 3 is 2.00 bits per heavy atom. The van der Waals surface area contributed by atoms with E-state index in [9.17, 15) is 31.1 Å². The first-order valence-electron chi connectivity index (χ1n) is 14.4. The van der Waals surface area contributed by atoms with E-state index in [0.29, 0.717) is 12.3 Å². The van der Waals surface area contributed by atoms with Gasteiger partial charge in [0.25, 0.3) is 5.91 Å². The van der Waals surface area contributed by atoms with Gasteiger partial charge in [-0.05, 0) is 87.1 Å². The summed E-state index contributed by atoms with van der Waals surface area (Å²) in [4.78, 5) is 43.2. The summed E-state index contributed by atoms with van der Waals surface area (Å²) in [6.07, 6.45) is 4.53. The second-order valence-electron chi connectivity index (χ2n) is 11.4. The second kappa shape index (κ2) is 15.0. The molecule has 0 unspecified atom stereocenters. The Labute approximate surface area is 249 Å². The van der Waals surface area contributed by atoms with Gasteiger partial charge in [-0.15, -0.1) is 0 Å². The van der Waals surface area contributed by atoms with Gasteiger partial charge >= 0.3 is 24.3 Å². The van der Waals surface area contributed by atoms with Crippen molar-refractivity contribution in [1.82, 2.24) is 15.2 Å². The lowest BCUT2D eigenvalue weighted by Gasteiger charge is -2.43. The van der Waals surface area contributed by atoms with Gasteiger partial charge in [-0.1, -0.05) is 18.0 Å². The van der Waals surface area contributed by atoms with Crippen LogP contribution < -0.4 is 5.32 Å². The number of rotatable bonds is 6. The van der Waals surface area contributed by atoms with Crippen LogP contribution in [0.15, 0.2) is 29.7 Å². The molecule has 3 fully saturated rings. The molecule has 1 spiro atoms. The van der Waals surface area contributed by atoms with E-state index >= 15 is 0 Å². The first kappa shape index (κ1) is 35.1. The van der Waals surface area contributed by atoms with Gasteiger partial charge in [0, 0.05) is 25.5 Å². The number of piperidine rings is 1. The van der Waals surface area contributed by atoms with Gasteiger partial charge in [0.2, 0.25) is 0 Å². The molecule has 5 rings (SSSR count). The van der Waals surface area contributed by atoms with E-state index in [2.05, 4.69) is 20.4 Å². The monoisotopic (exact) mass is 638 g/mol. The maximum absolute atomic E-state index is 13.0. The van der Waals surface area contributed by atoms with E-state index in [4.69, 9.17) is 24.6 Å². The Balaban J connectivity index is 0.000000317. The van der Waals surface area contributed by atoms with Crippen LogP contribution >= 0.6 is 0 Å². The fraction of sp³-hybridized carbons (Fsp3) is 0.679. The minimum Gasteiger partial charge on any atom is -0.475 e. The highest BCUT2D eigenvalue weighted by Crippen LogP contribution is 2.54. The normalized spacial score (nSPS) is 22.9. The van der Waals surface area contributed by atoms with Gasteiger partial charge in [-0.25, -0.2) is 9.59 Å². The van der Waals surface area contributed by atoms with Crippen LogP contribution in [0.25, 0.3) is 0 Å². The number of hydrogen-bond donors (Lipinski definition) is 3. The van der Waals surface area contributed by atoms with E-state index in [1.54, 1.807) is 12.4 Å². The number of hydrogen-bond acceptors (Lipinski definition) is 7. The van der Waals surface area contributed by atoms with Gasteiger partial charge in [-0.2, -0.15) is 26.3 Å². The van der Waals surface area contributed by atoms with Crippen molar-refractivity contribution in [1.29, 1.82) is 0 Å². The van der Waals surface area contributed by atoms with Crippen LogP contribution in [0.3, 0.4) is 0 Å². The first-order chi connectivity index (χ1) is 20.6. The molecule has 1 aromatic heterocycles. The van der Waals surface area contributed by atoms with E-state index < -0.39 is 24.3 Å². The first-order valence-corrected chi connectivity index (χ1v) is 14.4. The molecule has 0 bridgehead atoms. The number of alkyl halides is 6. The molecule has 2 aliphatic carbocycles. The summed E-state index contributed by atoms with van der Waals surface area (Å²) in [6, 6.07) is 3.98. The van der Waals surface area contributed by atoms with E-state index in [1.165, 1.54) is 57.1 Å². The van der Waals surface area contributed by atoms with Crippen LogP contribution in [0.4, 0.5) is 26.3 Å². The number of nitrogens with zero attached hydrogens (tertiary/aromatic N) is 3. The molecule has 2 saturated carbocycles. The number of aromatic nitrogens is 1. The molecule has 2 aliphatic heterocycles. The summed E-state index contributed by atoms with van der Waals surface area (Å²) < 4.78 is 63.5. The zero-order chi connectivity index (χ0) is 32.5. The molecular formula is C28H36F6N4O6. The Morgan fingerprint density at radius 1 is 0.932 bits per heavy atom. The zero-order valence-electron chi connectivity index (χ0n) is 23.9. The number of carbonyl (C=O) groups excluding carboxylic acids is 1. The lowest BCUT2D eigenvalue weighted by Crippen LogP contribution is -2.48. The second-order valence-corrected chi connectivity index (χ2v) is 11.4. The largest absolute Gasteiger partial charge is 0.490 e. The molecule has 246 valence electrons. The third-order valence-electron chi connectivity index (χ3n) is 8.55. The molecule has 10 nitrogen and oxygen atoms in total. The number of fused-ring (bicyclic) bond motifs is 2. The average molecular weight is 639 g/mol. The molecule has 3 N–H and O–H groups in total. The number of aliphatic carboxylic acids is 2. The molecule has 2 atom stereocenters. The van der Waals surface area contributed by atoms with Crippen molar-refractivity contribution in [2.45, 2.75) is 76.2 Å². The molecule has 0 aromatic carbocycles. The molecule has 44 heavy (non-hydrogen) atoms. The Kier molecular flexibility index (Phi) is 12.0.